The van der Waals surface area contributed by atoms with Crippen LogP contribution in [0.15, 0.2) is 0 Å². The molecule has 4 heteroatoms. The van der Waals surface area contributed by atoms with E-state index in [0.717, 1.165) is 25.9 Å². The summed E-state index contributed by atoms with van der Waals surface area (Å²) in [5, 5.41) is 3.30. The van der Waals surface area contributed by atoms with Crippen LogP contribution in [0.5, 0.6) is 0 Å². The van der Waals surface area contributed by atoms with Crippen molar-refractivity contribution in [2.75, 3.05) is 26.7 Å². The van der Waals surface area contributed by atoms with Gasteiger partial charge in [0.05, 0.1) is 6.61 Å². The molecule has 0 radical (unpaired) electrons. The number of hydrogen-bond donors (Lipinski definition) is 1. The largest absolute Gasteiger partial charge is 0.465 e. The summed E-state index contributed by atoms with van der Waals surface area (Å²) in [7, 11) is 2.18. The third kappa shape index (κ3) is 5.91. The summed E-state index contributed by atoms with van der Waals surface area (Å²) in [5.41, 5.74) is 0. The average molecular weight is 270 g/mol. The van der Waals surface area contributed by atoms with Crippen LogP contribution >= 0.6 is 0 Å². The highest BCUT2D eigenvalue weighted by molar-refractivity contribution is 5.75. The Kier molecular flexibility index (Phi) is 8.07. The van der Waals surface area contributed by atoms with Crippen LogP contribution in [0.4, 0.5) is 0 Å². The molecule has 1 unspecified atom stereocenters. The van der Waals surface area contributed by atoms with E-state index in [2.05, 4.69) is 24.2 Å². The molecule has 0 heterocycles. The topological polar surface area (TPSA) is 41.6 Å². The fourth-order valence-corrected chi connectivity index (χ4v) is 2.73. The molecule has 0 saturated heterocycles. The molecular weight excluding hydrogens is 240 g/mol. The van der Waals surface area contributed by atoms with Gasteiger partial charge in [0.2, 0.25) is 0 Å². The van der Waals surface area contributed by atoms with E-state index in [9.17, 15) is 4.79 Å². The minimum atomic E-state index is -0.149. The molecule has 0 bridgehead atoms. The molecule has 112 valence electrons. The monoisotopic (exact) mass is 270 g/mol. The molecule has 1 N–H and O–H groups in total. The van der Waals surface area contributed by atoms with Crippen molar-refractivity contribution in [3.05, 3.63) is 0 Å². The lowest BCUT2D eigenvalue weighted by atomic mass is 10.1. The lowest BCUT2D eigenvalue weighted by Crippen LogP contribution is -2.42. The second kappa shape index (κ2) is 9.32. The Bertz CT molecular complexity index is 253. The molecule has 0 amide bonds. The molecule has 1 aliphatic carbocycles. The molecule has 0 aliphatic heterocycles. The van der Waals surface area contributed by atoms with Crippen molar-refractivity contribution in [1.82, 2.24) is 10.2 Å². The van der Waals surface area contributed by atoms with E-state index in [4.69, 9.17) is 4.74 Å². The molecule has 4 nitrogen and oxygen atoms in total. The number of nitrogens with zero attached hydrogens (tertiary/aromatic N) is 1. The molecule has 1 saturated carbocycles. The molecule has 1 fully saturated rings. The highest BCUT2D eigenvalue weighted by Gasteiger charge is 2.23. The standard InChI is InChI=1S/C15H30N2O2/c1-4-11-16-14(15(18)19-5-2)10-12-17(3)13-8-6-7-9-13/h13-14,16H,4-12H2,1-3H3. The Balaban J connectivity index is 2.35. The predicted molar refractivity (Wildman–Crippen MR) is 78.2 cm³/mol. The Hall–Kier alpha value is -0.610. The van der Waals surface area contributed by atoms with E-state index in [0.29, 0.717) is 12.6 Å². The van der Waals surface area contributed by atoms with Crippen LogP contribution in [0, 0.1) is 0 Å². The zero-order chi connectivity index (χ0) is 14.1. The second-order valence-electron chi connectivity index (χ2n) is 5.47. The number of ether oxygens (including phenoxy) is 1. The first kappa shape index (κ1) is 16.4. The van der Waals surface area contributed by atoms with Crippen LogP contribution in [0.2, 0.25) is 0 Å². The van der Waals surface area contributed by atoms with Gasteiger partial charge in [-0.1, -0.05) is 19.8 Å². The number of hydrogen-bond acceptors (Lipinski definition) is 4. The van der Waals surface area contributed by atoms with Crippen LogP contribution in [0.25, 0.3) is 0 Å². The molecule has 0 aromatic rings. The number of esters is 1. The van der Waals surface area contributed by atoms with Crippen LogP contribution in [-0.2, 0) is 9.53 Å². The summed E-state index contributed by atoms with van der Waals surface area (Å²) in [5.74, 6) is -0.101. The fraction of sp³-hybridized carbons (Fsp3) is 0.933. The summed E-state index contributed by atoms with van der Waals surface area (Å²) < 4.78 is 5.14. The lowest BCUT2D eigenvalue weighted by Gasteiger charge is -2.26. The maximum atomic E-state index is 11.9. The molecule has 19 heavy (non-hydrogen) atoms. The average Bonchev–Trinajstić information content (AvgIpc) is 2.92. The van der Waals surface area contributed by atoms with E-state index < -0.39 is 0 Å². The molecule has 0 aromatic heterocycles. The van der Waals surface area contributed by atoms with E-state index in [1.54, 1.807) is 0 Å². The van der Waals surface area contributed by atoms with Crippen molar-refractivity contribution in [2.45, 2.75) is 64.5 Å². The highest BCUT2D eigenvalue weighted by atomic mass is 16.5. The van der Waals surface area contributed by atoms with Crippen LogP contribution in [0.3, 0.4) is 0 Å². The summed E-state index contributed by atoms with van der Waals surface area (Å²) in [6, 6.07) is 0.567. The van der Waals surface area contributed by atoms with Gasteiger partial charge in [-0.2, -0.15) is 0 Å². The Morgan fingerprint density at radius 2 is 2.05 bits per heavy atom. The minimum absolute atomic E-state index is 0.101. The van der Waals surface area contributed by atoms with Gasteiger partial charge < -0.3 is 15.0 Å². The summed E-state index contributed by atoms with van der Waals surface area (Å²) in [6.45, 7) is 6.27. The number of carbonyl (C=O) groups excluding carboxylic acids is 1. The van der Waals surface area contributed by atoms with Crippen LogP contribution < -0.4 is 5.32 Å². The third-order valence-electron chi connectivity index (χ3n) is 3.93. The van der Waals surface area contributed by atoms with Crippen molar-refractivity contribution in [3.63, 3.8) is 0 Å². The van der Waals surface area contributed by atoms with Crippen molar-refractivity contribution >= 4 is 5.97 Å². The van der Waals surface area contributed by atoms with Crippen molar-refractivity contribution in [1.29, 1.82) is 0 Å². The lowest BCUT2D eigenvalue weighted by molar-refractivity contribution is -0.145. The highest BCUT2D eigenvalue weighted by Crippen LogP contribution is 2.22. The quantitative estimate of drug-likeness (QED) is 0.652. The molecule has 1 aliphatic rings. The molecular formula is C15H30N2O2. The van der Waals surface area contributed by atoms with E-state index in [1.165, 1.54) is 25.7 Å². The van der Waals surface area contributed by atoms with Gasteiger partial charge in [-0.05, 0) is 46.2 Å². The first-order chi connectivity index (χ1) is 9.19. The van der Waals surface area contributed by atoms with Gasteiger partial charge >= 0.3 is 5.97 Å². The van der Waals surface area contributed by atoms with E-state index in [1.807, 2.05) is 6.92 Å². The molecule has 1 atom stereocenters. The summed E-state index contributed by atoms with van der Waals surface area (Å²) in [4.78, 5) is 14.3. The van der Waals surface area contributed by atoms with Crippen LogP contribution in [-0.4, -0.2) is 49.7 Å². The van der Waals surface area contributed by atoms with Gasteiger partial charge in [0.25, 0.3) is 0 Å². The number of nitrogens with one attached hydrogen (secondary N) is 1. The second-order valence-corrected chi connectivity index (χ2v) is 5.47. The SMILES string of the molecule is CCCNC(CCN(C)C1CCCC1)C(=O)OCC. The number of rotatable bonds is 9. The summed E-state index contributed by atoms with van der Waals surface area (Å²) >= 11 is 0. The van der Waals surface area contributed by atoms with Crippen molar-refractivity contribution in [3.8, 4) is 0 Å². The summed E-state index contributed by atoms with van der Waals surface area (Å²) in [6.07, 6.45) is 7.20. The van der Waals surface area contributed by atoms with Crippen LogP contribution in [0.1, 0.15) is 52.4 Å². The fourth-order valence-electron chi connectivity index (χ4n) is 2.73. The first-order valence-electron chi connectivity index (χ1n) is 7.79. The maximum Gasteiger partial charge on any atom is 0.323 e. The van der Waals surface area contributed by atoms with Crippen molar-refractivity contribution in [2.24, 2.45) is 0 Å². The third-order valence-corrected chi connectivity index (χ3v) is 3.93. The molecule has 1 rings (SSSR count). The van der Waals surface area contributed by atoms with Gasteiger partial charge in [0.15, 0.2) is 0 Å². The van der Waals surface area contributed by atoms with Gasteiger partial charge in [-0.3, -0.25) is 4.79 Å². The zero-order valence-electron chi connectivity index (χ0n) is 12.8. The van der Waals surface area contributed by atoms with Crippen molar-refractivity contribution < 1.29 is 9.53 Å². The first-order valence-corrected chi connectivity index (χ1v) is 7.79. The zero-order valence-corrected chi connectivity index (χ0v) is 12.8. The predicted octanol–water partition coefficient (Wildman–Crippen LogP) is 2.18. The molecule has 0 spiro atoms. The Labute approximate surface area is 117 Å². The van der Waals surface area contributed by atoms with E-state index in [-0.39, 0.29) is 12.0 Å². The van der Waals surface area contributed by atoms with Gasteiger partial charge in [-0.25, -0.2) is 0 Å². The minimum Gasteiger partial charge on any atom is -0.465 e. The Morgan fingerprint density at radius 1 is 1.37 bits per heavy atom. The normalized spacial score (nSPS) is 17.9. The van der Waals surface area contributed by atoms with Gasteiger partial charge in [-0.15, -0.1) is 0 Å². The smallest absolute Gasteiger partial charge is 0.323 e. The van der Waals surface area contributed by atoms with E-state index >= 15 is 0 Å². The maximum absolute atomic E-state index is 11.9. The molecule has 0 aromatic carbocycles. The van der Waals surface area contributed by atoms with Gasteiger partial charge in [0, 0.05) is 12.6 Å². The Morgan fingerprint density at radius 3 is 2.63 bits per heavy atom. The van der Waals surface area contributed by atoms with Gasteiger partial charge in [0.1, 0.15) is 6.04 Å². The number of carbonyl (C=O) groups is 1.